The molecule has 15 heavy (non-hydrogen) atoms. The molecular formula is C8H13N5OS. The van der Waals surface area contributed by atoms with Gasteiger partial charge in [-0.3, -0.25) is 5.41 Å². The van der Waals surface area contributed by atoms with Crippen LogP contribution in [0, 0.1) is 5.41 Å². The molecule has 0 aromatic heterocycles. The lowest BCUT2D eigenvalue weighted by atomic mass is 9.94. The van der Waals surface area contributed by atoms with Crippen LogP contribution in [0.5, 0.6) is 0 Å². The summed E-state index contributed by atoms with van der Waals surface area (Å²) in [5, 5.41) is 27.5. The van der Waals surface area contributed by atoms with Gasteiger partial charge in [-0.25, -0.2) is 0 Å². The van der Waals surface area contributed by atoms with Gasteiger partial charge in [0.15, 0.2) is 16.7 Å². The Balaban J connectivity index is 2.05. The Labute approximate surface area is 92.5 Å². The quantitative estimate of drug-likeness (QED) is 0.312. The van der Waals surface area contributed by atoms with E-state index in [1.54, 1.807) is 0 Å². The monoisotopic (exact) mass is 227 g/mol. The molecule has 6 nitrogen and oxygen atoms in total. The minimum Gasteiger partial charge on any atom is -0.389 e. The minimum atomic E-state index is -0.598. The van der Waals surface area contributed by atoms with Crippen molar-refractivity contribution in [3.8, 4) is 0 Å². The average Bonchev–Trinajstić information content (AvgIpc) is 2.68. The lowest BCUT2D eigenvalue weighted by molar-refractivity contribution is 0.0279. The highest BCUT2D eigenvalue weighted by Gasteiger charge is 2.60. The molecule has 0 saturated carbocycles. The van der Waals surface area contributed by atoms with E-state index in [-0.39, 0.29) is 12.0 Å². The Morgan fingerprint density at radius 2 is 2.40 bits per heavy atom. The van der Waals surface area contributed by atoms with Crippen LogP contribution in [0.15, 0.2) is 0 Å². The van der Waals surface area contributed by atoms with Gasteiger partial charge in [0.05, 0.1) is 12.1 Å². The average molecular weight is 227 g/mol. The van der Waals surface area contributed by atoms with Crippen molar-refractivity contribution in [3.63, 3.8) is 0 Å². The van der Waals surface area contributed by atoms with Crippen LogP contribution in [-0.2, 0) is 0 Å². The lowest BCUT2D eigenvalue weighted by Crippen LogP contribution is -2.73. The zero-order valence-electron chi connectivity index (χ0n) is 8.08. The summed E-state index contributed by atoms with van der Waals surface area (Å²) in [5.74, 6) is 0.262. The molecule has 82 valence electrons. The molecule has 3 fully saturated rings. The summed E-state index contributed by atoms with van der Waals surface area (Å²) in [5.41, 5.74) is -0.598. The highest BCUT2D eigenvalue weighted by Crippen LogP contribution is 2.35. The fourth-order valence-electron chi connectivity index (χ4n) is 2.78. The van der Waals surface area contributed by atoms with Gasteiger partial charge in [-0.2, -0.15) is 0 Å². The number of hydrogen-bond acceptors (Lipinski definition) is 3. The number of hydrogen-bond donors (Lipinski definition) is 5. The Bertz CT molecular complexity index is 348. The van der Waals surface area contributed by atoms with Crippen molar-refractivity contribution in [2.75, 3.05) is 13.1 Å². The predicted molar refractivity (Wildman–Crippen MR) is 58.4 cm³/mol. The van der Waals surface area contributed by atoms with Crippen molar-refractivity contribution in [1.82, 2.24) is 20.9 Å². The van der Waals surface area contributed by atoms with Crippen LogP contribution in [0.25, 0.3) is 0 Å². The van der Waals surface area contributed by atoms with Crippen LogP contribution in [0.4, 0.5) is 0 Å². The molecule has 0 radical (unpaired) electrons. The van der Waals surface area contributed by atoms with Gasteiger partial charge in [-0.15, -0.1) is 0 Å². The summed E-state index contributed by atoms with van der Waals surface area (Å²) >= 11 is 5.22. The first-order valence-electron chi connectivity index (χ1n) is 5.01. The summed E-state index contributed by atoms with van der Waals surface area (Å²) in [6, 6.07) is -0.00537. The molecule has 0 bridgehead atoms. The maximum absolute atomic E-state index is 10.1. The number of aliphatic hydroxyl groups is 1. The third-order valence-electron chi connectivity index (χ3n) is 3.46. The first-order valence-corrected chi connectivity index (χ1v) is 5.42. The molecule has 3 atom stereocenters. The predicted octanol–water partition coefficient (Wildman–Crippen LogP) is -1.87. The van der Waals surface area contributed by atoms with E-state index in [9.17, 15) is 5.11 Å². The van der Waals surface area contributed by atoms with Gasteiger partial charge < -0.3 is 26.0 Å². The standard InChI is InChI=1S/C8H13N5OS/c9-6-11-4-3-10-7(15)13-2-1-5(14)8(4,13)12-6/h4-5,14H,1-3H2,(H,10,15)(H3,9,11,12)/t4-,5?,8-/m0/s1. The molecule has 1 spiro atoms. The van der Waals surface area contributed by atoms with Crippen LogP contribution in [0.2, 0.25) is 0 Å². The van der Waals surface area contributed by atoms with Crippen molar-refractivity contribution >= 4 is 23.3 Å². The van der Waals surface area contributed by atoms with Crippen molar-refractivity contribution in [2.24, 2.45) is 0 Å². The van der Waals surface area contributed by atoms with Gasteiger partial charge in [-0.05, 0) is 18.6 Å². The van der Waals surface area contributed by atoms with Crippen LogP contribution in [0.3, 0.4) is 0 Å². The molecule has 5 N–H and O–H groups in total. The highest BCUT2D eigenvalue weighted by molar-refractivity contribution is 7.80. The van der Waals surface area contributed by atoms with E-state index in [1.165, 1.54) is 0 Å². The maximum Gasteiger partial charge on any atom is 0.190 e. The maximum atomic E-state index is 10.1. The fourth-order valence-corrected chi connectivity index (χ4v) is 3.10. The lowest BCUT2D eigenvalue weighted by Gasteiger charge is -2.45. The van der Waals surface area contributed by atoms with Gasteiger partial charge in [0, 0.05) is 13.1 Å². The molecule has 7 heteroatoms. The van der Waals surface area contributed by atoms with Crippen LogP contribution < -0.4 is 16.0 Å². The molecule has 3 saturated heterocycles. The molecule has 0 aliphatic carbocycles. The minimum absolute atomic E-state index is 0.00537. The van der Waals surface area contributed by atoms with Crippen LogP contribution in [-0.4, -0.2) is 52.0 Å². The number of nitrogens with one attached hydrogen (secondary N) is 4. The summed E-state index contributed by atoms with van der Waals surface area (Å²) in [6.45, 7) is 1.37. The van der Waals surface area contributed by atoms with Gasteiger partial charge in [0.1, 0.15) is 0 Å². The van der Waals surface area contributed by atoms with Crippen LogP contribution in [0.1, 0.15) is 6.42 Å². The number of nitrogens with zero attached hydrogens (tertiary/aromatic N) is 1. The second kappa shape index (κ2) is 2.73. The molecule has 0 aromatic carbocycles. The first kappa shape index (κ1) is 9.17. The largest absolute Gasteiger partial charge is 0.389 e. The molecule has 0 amide bonds. The van der Waals surface area contributed by atoms with E-state index in [2.05, 4.69) is 16.0 Å². The Morgan fingerprint density at radius 1 is 1.60 bits per heavy atom. The molecule has 3 aliphatic rings. The number of thiocarbonyl (C=S) groups is 1. The molecule has 0 aromatic rings. The Kier molecular flexibility index (Phi) is 1.67. The van der Waals surface area contributed by atoms with Crippen molar-refractivity contribution in [3.05, 3.63) is 0 Å². The molecule has 1 unspecified atom stereocenters. The summed E-state index contributed by atoms with van der Waals surface area (Å²) in [6.07, 6.45) is 0.193. The van der Waals surface area contributed by atoms with Crippen molar-refractivity contribution < 1.29 is 5.11 Å². The number of aliphatic hydroxyl groups excluding tert-OH is 1. The zero-order valence-corrected chi connectivity index (χ0v) is 8.90. The first-order chi connectivity index (χ1) is 7.14. The number of guanidine groups is 1. The van der Waals surface area contributed by atoms with E-state index >= 15 is 0 Å². The van der Waals surface area contributed by atoms with Crippen molar-refractivity contribution in [2.45, 2.75) is 24.2 Å². The smallest absolute Gasteiger partial charge is 0.190 e. The fraction of sp³-hybridized carbons (Fsp3) is 0.750. The second-order valence-corrected chi connectivity index (χ2v) is 4.55. The SMILES string of the molecule is N=C1N[C@H]2CNC(=S)N3CCC(O)[C@]23N1. The van der Waals surface area contributed by atoms with Crippen molar-refractivity contribution in [1.29, 1.82) is 5.41 Å². The summed E-state index contributed by atoms with van der Waals surface area (Å²) < 4.78 is 0. The Hall–Kier alpha value is -1.08. The molecule has 3 rings (SSSR count). The second-order valence-electron chi connectivity index (χ2n) is 4.16. The number of rotatable bonds is 0. The summed E-state index contributed by atoms with van der Waals surface area (Å²) in [4.78, 5) is 1.95. The topological polar surface area (TPSA) is 83.4 Å². The molecule has 3 heterocycles. The van der Waals surface area contributed by atoms with Gasteiger partial charge in [0.25, 0.3) is 0 Å². The van der Waals surface area contributed by atoms with E-state index in [1.807, 2.05) is 4.90 Å². The van der Waals surface area contributed by atoms with Gasteiger partial charge in [-0.1, -0.05) is 0 Å². The Morgan fingerprint density at radius 3 is 3.20 bits per heavy atom. The third kappa shape index (κ3) is 0.967. The van der Waals surface area contributed by atoms with E-state index < -0.39 is 11.8 Å². The molecular weight excluding hydrogens is 214 g/mol. The zero-order chi connectivity index (χ0) is 10.6. The third-order valence-corrected chi connectivity index (χ3v) is 3.82. The van der Waals surface area contributed by atoms with Gasteiger partial charge in [0.2, 0.25) is 0 Å². The van der Waals surface area contributed by atoms with Gasteiger partial charge >= 0.3 is 0 Å². The molecule has 3 aliphatic heterocycles. The van der Waals surface area contributed by atoms with E-state index in [0.717, 1.165) is 6.54 Å². The normalized spacial score (nSPS) is 42.9. The van der Waals surface area contributed by atoms with E-state index in [0.29, 0.717) is 18.1 Å². The highest BCUT2D eigenvalue weighted by atomic mass is 32.1. The van der Waals surface area contributed by atoms with E-state index in [4.69, 9.17) is 17.6 Å². The summed E-state index contributed by atoms with van der Waals surface area (Å²) in [7, 11) is 0. The van der Waals surface area contributed by atoms with Crippen LogP contribution >= 0.6 is 12.2 Å².